The number of benzene rings is 1. The number of sulfonamides is 1. The first-order valence-electron chi connectivity index (χ1n) is 4.66. The zero-order valence-electron chi connectivity index (χ0n) is 8.94. The standard InChI is InChI=1S/C9H12Cl2N2O3S/c1-5(14)4-13-17(15,16)9-7(10)2-6(12)3-8(9)11/h2-3,5,13-14H,4,12H2,1H3. The van der Waals surface area contributed by atoms with Crippen molar-refractivity contribution in [2.75, 3.05) is 12.3 Å². The third-order valence-corrected chi connectivity index (χ3v) is 4.20. The number of aliphatic hydroxyl groups is 1. The van der Waals surface area contributed by atoms with Gasteiger partial charge in [-0.05, 0) is 19.1 Å². The van der Waals surface area contributed by atoms with Gasteiger partial charge in [0.05, 0.1) is 16.1 Å². The molecule has 0 aromatic heterocycles. The van der Waals surface area contributed by atoms with Gasteiger partial charge in [-0.15, -0.1) is 0 Å². The van der Waals surface area contributed by atoms with E-state index in [0.29, 0.717) is 0 Å². The molecule has 0 heterocycles. The number of hydrogen-bond donors (Lipinski definition) is 3. The van der Waals surface area contributed by atoms with Gasteiger partial charge < -0.3 is 10.8 Å². The van der Waals surface area contributed by atoms with Gasteiger partial charge in [-0.25, -0.2) is 13.1 Å². The minimum absolute atomic E-state index is 0.0620. The van der Waals surface area contributed by atoms with Crippen molar-refractivity contribution in [2.45, 2.75) is 17.9 Å². The SMILES string of the molecule is CC(O)CNS(=O)(=O)c1c(Cl)cc(N)cc1Cl. The largest absolute Gasteiger partial charge is 0.399 e. The molecule has 0 bridgehead atoms. The molecule has 0 radical (unpaired) electrons. The topological polar surface area (TPSA) is 92.4 Å². The summed E-state index contributed by atoms with van der Waals surface area (Å²) < 4.78 is 25.9. The van der Waals surface area contributed by atoms with E-state index in [9.17, 15) is 8.42 Å². The van der Waals surface area contributed by atoms with Crippen LogP contribution in [0.3, 0.4) is 0 Å². The number of hydrogen-bond acceptors (Lipinski definition) is 4. The molecule has 1 rings (SSSR count). The fraction of sp³-hybridized carbons (Fsp3) is 0.333. The molecule has 17 heavy (non-hydrogen) atoms. The third-order valence-electron chi connectivity index (χ3n) is 1.86. The Morgan fingerprint density at radius 1 is 1.41 bits per heavy atom. The Hall–Kier alpha value is -0.530. The fourth-order valence-corrected chi connectivity index (χ4v) is 3.49. The molecule has 1 unspecified atom stereocenters. The fourth-order valence-electron chi connectivity index (χ4n) is 1.14. The molecule has 4 N–H and O–H groups in total. The van der Waals surface area contributed by atoms with Crippen molar-refractivity contribution in [3.8, 4) is 0 Å². The first-order chi connectivity index (χ1) is 7.74. The van der Waals surface area contributed by atoms with Crippen LogP contribution < -0.4 is 10.5 Å². The summed E-state index contributed by atoms with van der Waals surface area (Å²) in [4.78, 5) is -0.240. The molecular formula is C9H12Cl2N2O3S. The smallest absolute Gasteiger partial charge is 0.243 e. The van der Waals surface area contributed by atoms with Gasteiger partial charge >= 0.3 is 0 Å². The van der Waals surface area contributed by atoms with Crippen molar-refractivity contribution in [3.05, 3.63) is 22.2 Å². The quantitative estimate of drug-likeness (QED) is 0.729. The number of nitrogens with two attached hydrogens (primary N) is 1. The Morgan fingerprint density at radius 2 is 1.88 bits per heavy atom. The van der Waals surface area contributed by atoms with Crippen LogP contribution in [-0.2, 0) is 10.0 Å². The maximum absolute atomic E-state index is 11.9. The van der Waals surface area contributed by atoms with Crippen molar-refractivity contribution in [2.24, 2.45) is 0 Å². The second-order valence-electron chi connectivity index (χ2n) is 3.51. The second kappa shape index (κ2) is 5.41. The van der Waals surface area contributed by atoms with Gasteiger partial charge in [0.25, 0.3) is 0 Å². The lowest BCUT2D eigenvalue weighted by Crippen LogP contribution is -2.31. The summed E-state index contributed by atoms with van der Waals surface area (Å²) in [5.74, 6) is 0. The number of nitrogens with one attached hydrogen (secondary N) is 1. The van der Waals surface area contributed by atoms with E-state index < -0.39 is 16.1 Å². The summed E-state index contributed by atoms with van der Waals surface area (Å²) in [5, 5.41) is 8.91. The van der Waals surface area contributed by atoms with E-state index in [2.05, 4.69) is 4.72 Å². The molecule has 0 aliphatic rings. The minimum Gasteiger partial charge on any atom is -0.399 e. The van der Waals surface area contributed by atoms with Crippen LogP contribution in [0.15, 0.2) is 17.0 Å². The molecule has 0 amide bonds. The normalized spacial score (nSPS) is 13.6. The van der Waals surface area contributed by atoms with Crippen molar-refractivity contribution in [1.82, 2.24) is 4.72 Å². The predicted molar refractivity (Wildman–Crippen MR) is 67.7 cm³/mol. The summed E-state index contributed by atoms with van der Waals surface area (Å²) in [6.45, 7) is 1.33. The van der Waals surface area contributed by atoms with Crippen LogP contribution in [-0.4, -0.2) is 26.2 Å². The van der Waals surface area contributed by atoms with E-state index in [0.717, 1.165) is 0 Å². The maximum atomic E-state index is 11.9. The molecule has 96 valence electrons. The van der Waals surface area contributed by atoms with Gasteiger partial charge in [0.2, 0.25) is 10.0 Å². The van der Waals surface area contributed by atoms with E-state index in [1.54, 1.807) is 0 Å². The van der Waals surface area contributed by atoms with E-state index in [1.165, 1.54) is 19.1 Å². The Morgan fingerprint density at radius 3 is 2.29 bits per heavy atom. The summed E-state index contributed by atoms with van der Waals surface area (Å²) in [6, 6.07) is 2.59. The number of anilines is 1. The summed E-state index contributed by atoms with van der Waals surface area (Å²) in [7, 11) is -3.86. The molecule has 0 saturated heterocycles. The lowest BCUT2D eigenvalue weighted by molar-refractivity contribution is 0.198. The van der Waals surface area contributed by atoms with Crippen molar-refractivity contribution in [3.63, 3.8) is 0 Å². The molecule has 1 aromatic rings. The van der Waals surface area contributed by atoms with Gasteiger partial charge in [-0.1, -0.05) is 23.2 Å². The molecule has 0 aliphatic heterocycles. The van der Waals surface area contributed by atoms with Crippen molar-refractivity contribution >= 4 is 38.9 Å². The highest BCUT2D eigenvalue weighted by Crippen LogP contribution is 2.31. The van der Waals surface area contributed by atoms with Gasteiger partial charge in [0, 0.05) is 12.2 Å². The molecule has 0 fully saturated rings. The highest BCUT2D eigenvalue weighted by Gasteiger charge is 2.22. The van der Waals surface area contributed by atoms with E-state index >= 15 is 0 Å². The first kappa shape index (κ1) is 14.5. The van der Waals surface area contributed by atoms with Crippen LogP contribution in [0.5, 0.6) is 0 Å². The van der Waals surface area contributed by atoms with Gasteiger partial charge in [0.1, 0.15) is 4.90 Å². The Kier molecular flexibility index (Phi) is 4.62. The first-order valence-corrected chi connectivity index (χ1v) is 6.90. The molecule has 0 saturated carbocycles. The van der Waals surface area contributed by atoms with Crippen LogP contribution in [0.1, 0.15) is 6.92 Å². The van der Waals surface area contributed by atoms with Crippen LogP contribution >= 0.6 is 23.2 Å². The van der Waals surface area contributed by atoms with Crippen LogP contribution in [0, 0.1) is 0 Å². The van der Waals surface area contributed by atoms with E-state index in [1.807, 2.05) is 0 Å². The summed E-state index contributed by atoms with van der Waals surface area (Å²) >= 11 is 11.6. The molecule has 5 nitrogen and oxygen atoms in total. The molecule has 0 aliphatic carbocycles. The van der Waals surface area contributed by atoms with Crippen LogP contribution in [0.25, 0.3) is 0 Å². The lowest BCUT2D eigenvalue weighted by Gasteiger charge is -2.11. The Balaban J connectivity index is 3.16. The van der Waals surface area contributed by atoms with Crippen molar-refractivity contribution < 1.29 is 13.5 Å². The summed E-state index contributed by atoms with van der Waals surface area (Å²) in [6.07, 6.45) is -0.809. The van der Waals surface area contributed by atoms with Gasteiger partial charge in [0.15, 0.2) is 0 Å². The van der Waals surface area contributed by atoms with Crippen molar-refractivity contribution in [1.29, 1.82) is 0 Å². The zero-order valence-corrected chi connectivity index (χ0v) is 11.3. The number of rotatable bonds is 4. The lowest BCUT2D eigenvalue weighted by atomic mass is 10.3. The zero-order chi connectivity index (χ0) is 13.2. The van der Waals surface area contributed by atoms with Gasteiger partial charge in [-0.2, -0.15) is 0 Å². The van der Waals surface area contributed by atoms with Crippen LogP contribution in [0.4, 0.5) is 5.69 Å². The molecule has 0 spiro atoms. The number of nitrogen functional groups attached to an aromatic ring is 1. The highest BCUT2D eigenvalue weighted by molar-refractivity contribution is 7.89. The van der Waals surface area contributed by atoms with Crippen LogP contribution in [0.2, 0.25) is 10.0 Å². The third kappa shape index (κ3) is 3.72. The molecular weight excluding hydrogens is 287 g/mol. The monoisotopic (exact) mass is 298 g/mol. The number of halogens is 2. The molecule has 1 aromatic carbocycles. The Bertz CT molecular complexity index is 494. The second-order valence-corrected chi connectivity index (χ2v) is 6.03. The maximum Gasteiger partial charge on any atom is 0.243 e. The van der Waals surface area contributed by atoms with E-state index in [-0.39, 0.29) is 27.2 Å². The van der Waals surface area contributed by atoms with E-state index in [4.69, 9.17) is 34.0 Å². The minimum atomic E-state index is -3.86. The molecule has 1 atom stereocenters. The summed E-state index contributed by atoms with van der Waals surface area (Å²) in [5.41, 5.74) is 5.74. The predicted octanol–water partition coefficient (Wildman–Crippen LogP) is 1.23. The van der Waals surface area contributed by atoms with Gasteiger partial charge in [-0.3, -0.25) is 0 Å². The molecule has 8 heteroatoms. The average Bonchev–Trinajstić information content (AvgIpc) is 2.12. The number of aliphatic hydroxyl groups excluding tert-OH is 1. The highest BCUT2D eigenvalue weighted by atomic mass is 35.5. The average molecular weight is 299 g/mol. The Labute approximate surface area is 110 Å².